The molecule has 0 fully saturated rings. The summed E-state index contributed by atoms with van der Waals surface area (Å²) in [6, 6.07) is 21.2. The Hall–Kier alpha value is -2.86. The van der Waals surface area contributed by atoms with Gasteiger partial charge >= 0.3 is 0 Å². The van der Waals surface area contributed by atoms with Crippen LogP contribution >= 0.6 is 15.9 Å². The van der Waals surface area contributed by atoms with Crippen molar-refractivity contribution in [3.05, 3.63) is 94.2 Å². The maximum Gasteiger partial charge on any atom is 0.254 e. The van der Waals surface area contributed by atoms with Gasteiger partial charge in [0.15, 0.2) is 0 Å². The fourth-order valence-electron chi connectivity index (χ4n) is 3.59. The van der Waals surface area contributed by atoms with Crippen molar-refractivity contribution < 1.29 is 9.59 Å². The Bertz CT molecular complexity index is 1030. The van der Waals surface area contributed by atoms with Gasteiger partial charge in [-0.05, 0) is 47.9 Å². The number of benzene rings is 2. The summed E-state index contributed by atoms with van der Waals surface area (Å²) in [4.78, 5) is 30.2. The molecule has 1 aromatic heterocycles. The van der Waals surface area contributed by atoms with Crippen molar-refractivity contribution in [2.75, 3.05) is 13.1 Å². The average molecular weight is 496 g/mol. The summed E-state index contributed by atoms with van der Waals surface area (Å²) in [5.41, 5.74) is 2.69. The van der Waals surface area contributed by atoms with Crippen LogP contribution in [0.3, 0.4) is 0 Å². The van der Waals surface area contributed by atoms with Crippen molar-refractivity contribution in [1.29, 1.82) is 0 Å². The standard InChI is InChI=1S/C26H30BrN3O2/c1-20(2)16-30(26(32)22-11-13-23(27)14-12-22)19-25(31)29(17-21-8-5-4-6-9-21)18-24-10-7-15-28(24)3/h4-15,20H,16-19H2,1-3H3. The van der Waals surface area contributed by atoms with E-state index in [-0.39, 0.29) is 24.3 Å². The summed E-state index contributed by atoms with van der Waals surface area (Å²) < 4.78 is 2.93. The van der Waals surface area contributed by atoms with E-state index in [1.807, 2.05) is 77.3 Å². The van der Waals surface area contributed by atoms with Crippen LogP contribution in [0, 0.1) is 5.92 Å². The van der Waals surface area contributed by atoms with E-state index in [4.69, 9.17) is 0 Å². The Morgan fingerprint density at radius 1 is 0.906 bits per heavy atom. The molecule has 1 heterocycles. The zero-order chi connectivity index (χ0) is 23.1. The second-order valence-corrected chi connectivity index (χ2v) is 9.35. The average Bonchev–Trinajstić information content (AvgIpc) is 3.17. The lowest BCUT2D eigenvalue weighted by molar-refractivity contribution is -0.133. The molecule has 0 saturated heterocycles. The summed E-state index contributed by atoms with van der Waals surface area (Å²) in [6.45, 7) is 5.65. The molecule has 0 N–H and O–H groups in total. The van der Waals surface area contributed by atoms with Gasteiger partial charge in [0.05, 0.1) is 6.54 Å². The van der Waals surface area contributed by atoms with Crippen LogP contribution in [0.2, 0.25) is 0 Å². The largest absolute Gasteiger partial charge is 0.353 e. The number of nitrogens with zero attached hydrogens (tertiary/aromatic N) is 3. The van der Waals surface area contributed by atoms with Crippen LogP contribution in [0.15, 0.2) is 77.4 Å². The maximum absolute atomic E-state index is 13.5. The zero-order valence-corrected chi connectivity index (χ0v) is 20.5. The Morgan fingerprint density at radius 2 is 1.59 bits per heavy atom. The first kappa shape index (κ1) is 23.8. The predicted octanol–water partition coefficient (Wildman–Crippen LogP) is 5.11. The molecule has 0 aliphatic rings. The Balaban J connectivity index is 1.82. The highest BCUT2D eigenvalue weighted by Gasteiger charge is 2.24. The van der Waals surface area contributed by atoms with E-state index in [2.05, 4.69) is 29.8 Å². The molecule has 0 aliphatic heterocycles. The summed E-state index contributed by atoms with van der Waals surface area (Å²) in [5, 5.41) is 0. The quantitative estimate of drug-likeness (QED) is 0.413. The topological polar surface area (TPSA) is 45.6 Å². The molecule has 0 bridgehead atoms. The number of halogens is 1. The molecule has 5 nitrogen and oxygen atoms in total. The first-order valence-electron chi connectivity index (χ1n) is 10.8. The summed E-state index contributed by atoms with van der Waals surface area (Å²) in [7, 11) is 1.97. The maximum atomic E-state index is 13.5. The van der Waals surface area contributed by atoms with E-state index in [9.17, 15) is 9.59 Å². The normalized spacial score (nSPS) is 10.9. The van der Waals surface area contributed by atoms with Gasteiger partial charge in [0, 0.05) is 42.1 Å². The molecule has 2 aromatic carbocycles. The second kappa shape index (κ2) is 11.1. The molecular formula is C26H30BrN3O2. The van der Waals surface area contributed by atoms with Crippen LogP contribution in [0.4, 0.5) is 0 Å². The highest BCUT2D eigenvalue weighted by molar-refractivity contribution is 9.10. The van der Waals surface area contributed by atoms with Gasteiger partial charge in [0.1, 0.15) is 6.54 Å². The highest BCUT2D eigenvalue weighted by atomic mass is 79.9. The summed E-state index contributed by atoms with van der Waals surface area (Å²) in [6.07, 6.45) is 1.97. The molecule has 2 amide bonds. The minimum atomic E-state index is -0.127. The van der Waals surface area contributed by atoms with E-state index in [0.717, 1.165) is 15.7 Å². The minimum absolute atomic E-state index is 0.0460. The lowest BCUT2D eigenvalue weighted by atomic mass is 10.1. The first-order chi connectivity index (χ1) is 15.3. The molecule has 168 valence electrons. The van der Waals surface area contributed by atoms with Gasteiger partial charge in [-0.25, -0.2) is 0 Å². The van der Waals surface area contributed by atoms with E-state index < -0.39 is 0 Å². The second-order valence-electron chi connectivity index (χ2n) is 8.43. The smallest absolute Gasteiger partial charge is 0.254 e. The molecule has 6 heteroatoms. The molecule has 0 atom stereocenters. The summed E-state index contributed by atoms with van der Waals surface area (Å²) in [5.74, 6) is 0.0527. The van der Waals surface area contributed by atoms with Crippen LogP contribution in [0.5, 0.6) is 0 Å². The number of aryl methyl sites for hydroxylation is 1. The molecule has 32 heavy (non-hydrogen) atoms. The number of aromatic nitrogens is 1. The van der Waals surface area contributed by atoms with Crippen LogP contribution in [0.25, 0.3) is 0 Å². The van der Waals surface area contributed by atoms with Crippen molar-refractivity contribution in [2.45, 2.75) is 26.9 Å². The molecular weight excluding hydrogens is 466 g/mol. The number of hydrogen-bond donors (Lipinski definition) is 0. The van der Waals surface area contributed by atoms with Crippen molar-refractivity contribution in [3.63, 3.8) is 0 Å². The third-order valence-corrected chi connectivity index (χ3v) is 5.79. The van der Waals surface area contributed by atoms with Gasteiger partial charge in [-0.2, -0.15) is 0 Å². The number of amides is 2. The van der Waals surface area contributed by atoms with Crippen LogP contribution in [-0.2, 0) is 24.9 Å². The Kier molecular flexibility index (Phi) is 8.28. The SMILES string of the molecule is CC(C)CN(CC(=O)N(Cc1ccccc1)Cc1cccn1C)C(=O)c1ccc(Br)cc1. The summed E-state index contributed by atoms with van der Waals surface area (Å²) >= 11 is 3.41. The molecule has 0 spiro atoms. The van der Waals surface area contributed by atoms with E-state index in [0.29, 0.717) is 25.2 Å². The van der Waals surface area contributed by atoms with Gasteiger partial charge < -0.3 is 14.4 Å². The Morgan fingerprint density at radius 3 is 2.19 bits per heavy atom. The molecule has 0 saturated carbocycles. The third kappa shape index (κ3) is 6.57. The fourth-order valence-corrected chi connectivity index (χ4v) is 3.86. The third-order valence-electron chi connectivity index (χ3n) is 5.26. The molecule has 3 rings (SSSR count). The number of hydrogen-bond acceptors (Lipinski definition) is 2. The van der Waals surface area contributed by atoms with Crippen LogP contribution < -0.4 is 0 Å². The predicted molar refractivity (Wildman–Crippen MR) is 131 cm³/mol. The van der Waals surface area contributed by atoms with E-state index in [1.54, 1.807) is 17.0 Å². The van der Waals surface area contributed by atoms with Gasteiger partial charge in [0.25, 0.3) is 5.91 Å². The van der Waals surface area contributed by atoms with Crippen LogP contribution in [-0.4, -0.2) is 39.3 Å². The molecule has 3 aromatic rings. The molecule has 0 radical (unpaired) electrons. The van der Waals surface area contributed by atoms with E-state index >= 15 is 0 Å². The number of carbonyl (C=O) groups is 2. The van der Waals surface area contributed by atoms with Gasteiger partial charge in [-0.3, -0.25) is 9.59 Å². The first-order valence-corrected chi connectivity index (χ1v) is 11.6. The van der Waals surface area contributed by atoms with Crippen molar-refractivity contribution in [3.8, 4) is 0 Å². The monoisotopic (exact) mass is 495 g/mol. The van der Waals surface area contributed by atoms with Crippen molar-refractivity contribution >= 4 is 27.7 Å². The number of carbonyl (C=O) groups excluding carboxylic acids is 2. The molecule has 0 aliphatic carbocycles. The van der Waals surface area contributed by atoms with E-state index in [1.165, 1.54) is 0 Å². The van der Waals surface area contributed by atoms with Gasteiger partial charge in [-0.1, -0.05) is 60.1 Å². The number of rotatable bonds is 9. The Labute approximate surface area is 198 Å². The van der Waals surface area contributed by atoms with Crippen molar-refractivity contribution in [2.24, 2.45) is 13.0 Å². The lowest BCUT2D eigenvalue weighted by Gasteiger charge is -2.29. The lowest BCUT2D eigenvalue weighted by Crippen LogP contribution is -2.44. The van der Waals surface area contributed by atoms with Crippen LogP contribution in [0.1, 0.15) is 35.5 Å². The minimum Gasteiger partial charge on any atom is -0.353 e. The van der Waals surface area contributed by atoms with Gasteiger partial charge in [-0.15, -0.1) is 0 Å². The zero-order valence-electron chi connectivity index (χ0n) is 18.9. The molecule has 0 unspecified atom stereocenters. The fraction of sp³-hybridized carbons (Fsp3) is 0.308. The van der Waals surface area contributed by atoms with Gasteiger partial charge in [0.2, 0.25) is 5.91 Å². The van der Waals surface area contributed by atoms with Crippen molar-refractivity contribution in [1.82, 2.24) is 14.4 Å². The highest BCUT2D eigenvalue weighted by Crippen LogP contribution is 2.15.